The fourth-order valence-electron chi connectivity index (χ4n) is 0.846. The van der Waals surface area contributed by atoms with Crippen LogP contribution in [0.1, 0.15) is 26.7 Å². The molecule has 0 aromatic heterocycles. The summed E-state index contributed by atoms with van der Waals surface area (Å²) < 4.78 is 0. The molecular formula is C8H20N6S2. The van der Waals surface area contributed by atoms with Crippen molar-refractivity contribution in [3.05, 3.63) is 0 Å². The van der Waals surface area contributed by atoms with E-state index >= 15 is 0 Å². The molecule has 0 amide bonds. The van der Waals surface area contributed by atoms with Crippen molar-refractivity contribution in [3.8, 4) is 0 Å². The molecule has 8 N–H and O–H groups in total. The second-order valence-electron chi connectivity index (χ2n) is 3.06. The van der Waals surface area contributed by atoms with Crippen LogP contribution in [0.5, 0.6) is 0 Å². The van der Waals surface area contributed by atoms with Gasteiger partial charge in [-0.05, 0) is 12.8 Å². The van der Waals surface area contributed by atoms with E-state index < -0.39 is 0 Å². The van der Waals surface area contributed by atoms with Gasteiger partial charge in [-0.1, -0.05) is 35.4 Å². The molecule has 0 aromatic rings. The van der Waals surface area contributed by atoms with Crippen LogP contribution in [0.4, 0.5) is 0 Å². The van der Waals surface area contributed by atoms with Gasteiger partial charge in [0.2, 0.25) is 0 Å². The summed E-state index contributed by atoms with van der Waals surface area (Å²) in [7, 11) is 3.17. The fourth-order valence-corrected chi connectivity index (χ4v) is 3.60. The average molecular weight is 264 g/mol. The molecule has 0 bridgehead atoms. The Morgan fingerprint density at radius 2 is 1.88 bits per heavy atom. The minimum atomic E-state index is -0.0187. The first-order chi connectivity index (χ1) is 7.49. The summed E-state index contributed by atoms with van der Waals surface area (Å²) in [5.74, 6) is 0.0855. The molecule has 2 unspecified atom stereocenters. The largest absolute Gasteiger partial charge is 0.370 e. The molecule has 0 radical (unpaired) electrons. The Kier molecular flexibility index (Phi) is 8.00. The summed E-state index contributed by atoms with van der Waals surface area (Å²) in [6.07, 6.45) is 1.72. The molecule has 0 aliphatic carbocycles. The molecule has 8 heteroatoms. The summed E-state index contributed by atoms with van der Waals surface area (Å²) in [5.41, 5.74) is 15.9. The van der Waals surface area contributed by atoms with Gasteiger partial charge in [0.1, 0.15) is 5.37 Å². The maximum atomic E-state index is 7.15. The van der Waals surface area contributed by atoms with Gasteiger partial charge in [-0.25, -0.2) is 4.99 Å². The SMILES string of the molecule is CCC(N=C(N)N)SSC(CC)NC(=N)N. The van der Waals surface area contributed by atoms with Crippen molar-refractivity contribution in [2.75, 3.05) is 0 Å². The van der Waals surface area contributed by atoms with E-state index in [1.165, 1.54) is 0 Å². The number of nitrogens with two attached hydrogens (primary N) is 3. The lowest BCUT2D eigenvalue weighted by molar-refractivity contribution is 0.776. The second-order valence-corrected chi connectivity index (χ2v) is 5.72. The minimum Gasteiger partial charge on any atom is -0.370 e. The molecule has 0 saturated carbocycles. The quantitative estimate of drug-likeness (QED) is 0.198. The minimum absolute atomic E-state index is 0.0187. The summed E-state index contributed by atoms with van der Waals surface area (Å²) in [6, 6.07) is 0. The molecular weight excluding hydrogens is 244 g/mol. The first-order valence-electron chi connectivity index (χ1n) is 5.01. The average Bonchev–Trinajstić information content (AvgIpc) is 2.20. The predicted octanol–water partition coefficient (Wildman–Crippen LogP) is 0.596. The molecule has 0 aliphatic rings. The van der Waals surface area contributed by atoms with Crippen molar-refractivity contribution < 1.29 is 0 Å². The molecule has 0 aromatic carbocycles. The zero-order valence-corrected chi connectivity index (χ0v) is 11.2. The van der Waals surface area contributed by atoms with Gasteiger partial charge in [-0.15, -0.1) is 0 Å². The van der Waals surface area contributed by atoms with Gasteiger partial charge in [0.15, 0.2) is 11.9 Å². The zero-order valence-electron chi connectivity index (χ0n) is 9.56. The van der Waals surface area contributed by atoms with E-state index in [0.29, 0.717) is 0 Å². The number of hydrogen-bond acceptors (Lipinski definition) is 4. The first-order valence-corrected chi connectivity index (χ1v) is 7.28. The van der Waals surface area contributed by atoms with Crippen LogP contribution in [0, 0.1) is 5.41 Å². The number of nitrogens with one attached hydrogen (secondary N) is 2. The topological polar surface area (TPSA) is 126 Å². The Balaban J connectivity index is 4.07. The van der Waals surface area contributed by atoms with Gasteiger partial charge < -0.3 is 22.5 Å². The van der Waals surface area contributed by atoms with E-state index in [1.807, 2.05) is 13.8 Å². The lowest BCUT2D eigenvalue weighted by Gasteiger charge is -2.17. The smallest absolute Gasteiger partial charge is 0.187 e. The number of aliphatic imine (C=N–C) groups is 1. The molecule has 0 aliphatic heterocycles. The Bertz CT molecular complexity index is 241. The molecule has 2 atom stereocenters. The van der Waals surface area contributed by atoms with Gasteiger partial charge in [0.25, 0.3) is 0 Å². The van der Waals surface area contributed by atoms with E-state index in [2.05, 4.69) is 10.3 Å². The first kappa shape index (κ1) is 15.2. The third kappa shape index (κ3) is 7.52. The summed E-state index contributed by atoms with van der Waals surface area (Å²) in [5, 5.41) is 10.1. The van der Waals surface area contributed by atoms with E-state index in [1.54, 1.807) is 21.6 Å². The van der Waals surface area contributed by atoms with Crippen molar-refractivity contribution in [2.45, 2.75) is 37.4 Å². The molecule has 0 spiro atoms. The molecule has 0 saturated heterocycles. The fraction of sp³-hybridized carbons (Fsp3) is 0.750. The lowest BCUT2D eigenvalue weighted by atomic mass is 10.5. The molecule has 0 heterocycles. The van der Waals surface area contributed by atoms with Gasteiger partial charge >= 0.3 is 0 Å². The molecule has 94 valence electrons. The van der Waals surface area contributed by atoms with Crippen LogP contribution in [-0.4, -0.2) is 22.7 Å². The maximum Gasteiger partial charge on any atom is 0.187 e. The van der Waals surface area contributed by atoms with Crippen LogP contribution in [0.2, 0.25) is 0 Å². The van der Waals surface area contributed by atoms with Crippen molar-refractivity contribution in [2.24, 2.45) is 22.2 Å². The molecule has 0 fully saturated rings. The molecule has 16 heavy (non-hydrogen) atoms. The highest BCUT2D eigenvalue weighted by atomic mass is 33.1. The van der Waals surface area contributed by atoms with Gasteiger partial charge in [0.05, 0.1) is 5.37 Å². The van der Waals surface area contributed by atoms with Crippen LogP contribution in [0.25, 0.3) is 0 Å². The number of nitrogens with zero attached hydrogens (tertiary/aromatic N) is 1. The van der Waals surface area contributed by atoms with Crippen molar-refractivity contribution in [1.29, 1.82) is 5.41 Å². The third-order valence-electron chi connectivity index (χ3n) is 1.61. The lowest BCUT2D eigenvalue weighted by Crippen LogP contribution is -2.36. The van der Waals surface area contributed by atoms with Crippen LogP contribution in [0.15, 0.2) is 4.99 Å². The molecule has 6 nitrogen and oxygen atoms in total. The Morgan fingerprint density at radius 1 is 1.25 bits per heavy atom. The number of rotatable bonds is 7. The Morgan fingerprint density at radius 3 is 2.25 bits per heavy atom. The van der Waals surface area contributed by atoms with E-state index in [4.69, 9.17) is 22.6 Å². The highest BCUT2D eigenvalue weighted by Crippen LogP contribution is 2.33. The number of guanidine groups is 2. The van der Waals surface area contributed by atoms with Crippen LogP contribution < -0.4 is 22.5 Å². The standard InChI is InChI=1S/C8H20N6S2/c1-3-5(13-7(9)10)15-16-6(4-2)14-8(11)12/h5-6H,3-4H2,1-2H3,(H4,9,10,13)(H4,11,12,14). The predicted molar refractivity (Wildman–Crippen MR) is 74.2 cm³/mol. The van der Waals surface area contributed by atoms with Crippen molar-refractivity contribution in [3.63, 3.8) is 0 Å². The van der Waals surface area contributed by atoms with Crippen molar-refractivity contribution in [1.82, 2.24) is 5.32 Å². The third-order valence-corrected chi connectivity index (χ3v) is 4.76. The van der Waals surface area contributed by atoms with Crippen LogP contribution >= 0.6 is 21.6 Å². The van der Waals surface area contributed by atoms with Crippen LogP contribution in [0.3, 0.4) is 0 Å². The van der Waals surface area contributed by atoms with E-state index in [-0.39, 0.29) is 22.7 Å². The normalized spacial score (nSPS) is 13.9. The highest BCUT2D eigenvalue weighted by Gasteiger charge is 2.12. The van der Waals surface area contributed by atoms with Gasteiger partial charge in [-0.3, -0.25) is 5.41 Å². The second kappa shape index (κ2) is 8.40. The number of hydrogen-bond donors (Lipinski definition) is 5. The van der Waals surface area contributed by atoms with Crippen molar-refractivity contribution >= 4 is 33.5 Å². The van der Waals surface area contributed by atoms with Gasteiger partial charge in [0, 0.05) is 0 Å². The van der Waals surface area contributed by atoms with Crippen LogP contribution in [-0.2, 0) is 0 Å². The summed E-state index contributed by atoms with van der Waals surface area (Å²) >= 11 is 0. The van der Waals surface area contributed by atoms with Gasteiger partial charge in [-0.2, -0.15) is 0 Å². The highest BCUT2D eigenvalue weighted by molar-refractivity contribution is 8.77. The van der Waals surface area contributed by atoms with E-state index in [0.717, 1.165) is 12.8 Å². The summed E-state index contributed by atoms with van der Waals surface area (Å²) in [4.78, 5) is 4.08. The maximum absolute atomic E-state index is 7.15. The Hall–Kier alpha value is -0.760. The van der Waals surface area contributed by atoms with E-state index in [9.17, 15) is 0 Å². The Labute approximate surface area is 104 Å². The zero-order chi connectivity index (χ0) is 12.6. The molecule has 0 rings (SSSR count). The summed E-state index contributed by atoms with van der Waals surface area (Å²) in [6.45, 7) is 4.04. The monoisotopic (exact) mass is 264 g/mol.